The maximum atomic E-state index is 11.4. The molecule has 0 saturated heterocycles. The summed E-state index contributed by atoms with van der Waals surface area (Å²) in [5.41, 5.74) is 1.89. The number of hydrogen-bond donors (Lipinski definition) is 1. The summed E-state index contributed by atoms with van der Waals surface area (Å²) in [6.45, 7) is 5.40. The molecule has 0 aliphatic rings. The fourth-order valence-corrected chi connectivity index (χ4v) is 1.13. The highest BCUT2D eigenvalue weighted by Gasteiger charge is 2.12. The van der Waals surface area contributed by atoms with Crippen LogP contribution >= 0.6 is 11.6 Å². The number of rotatable bonds is 4. The Morgan fingerprint density at radius 3 is 2.71 bits per heavy atom. The normalized spacial score (nSPS) is 11.1. The zero-order valence-electron chi connectivity index (χ0n) is 10.1. The molecule has 0 aliphatic heterocycles. The van der Waals surface area contributed by atoms with Crippen molar-refractivity contribution in [3.8, 4) is 5.75 Å². The van der Waals surface area contributed by atoms with E-state index in [2.05, 4.69) is 5.48 Å². The third-order valence-corrected chi connectivity index (χ3v) is 1.87. The number of ether oxygens (including phenoxy) is 1. The quantitative estimate of drug-likeness (QED) is 0.844. The Hall–Kier alpha value is -1.26. The molecule has 0 radical (unpaired) electrons. The largest absolute Gasteiger partial charge is 0.484 e. The van der Waals surface area contributed by atoms with Crippen LogP contribution in [0, 0.1) is 0 Å². The highest BCUT2D eigenvalue weighted by Crippen LogP contribution is 2.16. The van der Waals surface area contributed by atoms with Gasteiger partial charge in [0.1, 0.15) is 5.75 Å². The molecule has 0 aliphatic carbocycles. The van der Waals surface area contributed by atoms with E-state index in [1.54, 1.807) is 24.3 Å². The summed E-state index contributed by atoms with van der Waals surface area (Å²) in [6, 6.07) is 6.85. The first kappa shape index (κ1) is 13.8. The number of carbonyl (C=O) groups is 1. The van der Waals surface area contributed by atoms with E-state index in [4.69, 9.17) is 21.2 Å². The predicted molar refractivity (Wildman–Crippen MR) is 65.9 cm³/mol. The average molecular weight is 258 g/mol. The van der Waals surface area contributed by atoms with Gasteiger partial charge in [0, 0.05) is 5.02 Å². The van der Waals surface area contributed by atoms with Crippen LogP contribution in [0.4, 0.5) is 0 Å². The van der Waals surface area contributed by atoms with E-state index in [0.717, 1.165) is 0 Å². The van der Waals surface area contributed by atoms with Gasteiger partial charge in [0.2, 0.25) is 0 Å². The van der Waals surface area contributed by atoms with Crippen molar-refractivity contribution in [3.05, 3.63) is 29.3 Å². The molecule has 4 nitrogen and oxygen atoms in total. The molecule has 17 heavy (non-hydrogen) atoms. The summed E-state index contributed by atoms with van der Waals surface area (Å²) in [5.74, 6) is 0.198. The van der Waals surface area contributed by atoms with Crippen LogP contribution in [0.3, 0.4) is 0 Å². The molecule has 0 fully saturated rings. The molecule has 1 N–H and O–H groups in total. The van der Waals surface area contributed by atoms with Crippen molar-refractivity contribution in [2.45, 2.75) is 26.4 Å². The van der Waals surface area contributed by atoms with Crippen LogP contribution in [0.2, 0.25) is 5.02 Å². The number of hydrogen-bond acceptors (Lipinski definition) is 3. The lowest BCUT2D eigenvalue weighted by molar-refractivity contribution is -0.147. The maximum Gasteiger partial charge on any atom is 0.281 e. The molecule has 1 rings (SSSR count). The van der Waals surface area contributed by atoms with E-state index >= 15 is 0 Å². The van der Waals surface area contributed by atoms with Crippen molar-refractivity contribution in [1.29, 1.82) is 0 Å². The van der Waals surface area contributed by atoms with Crippen molar-refractivity contribution < 1.29 is 14.4 Å². The van der Waals surface area contributed by atoms with E-state index in [0.29, 0.717) is 10.8 Å². The average Bonchev–Trinajstić information content (AvgIpc) is 2.23. The maximum absolute atomic E-state index is 11.4. The molecule has 1 aromatic carbocycles. The number of benzene rings is 1. The van der Waals surface area contributed by atoms with Gasteiger partial charge in [-0.3, -0.25) is 9.63 Å². The van der Waals surface area contributed by atoms with Crippen molar-refractivity contribution in [3.63, 3.8) is 0 Å². The second kappa shape index (κ2) is 5.89. The lowest BCUT2D eigenvalue weighted by Crippen LogP contribution is -2.36. The molecule has 5 heteroatoms. The highest BCUT2D eigenvalue weighted by molar-refractivity contribution is 6.30. The molecular formula is C12H16ClNO3. The molecule has 1 amide bonds. The van der Waals surface area contributed by atoms with Gasteiger partial charge < -0.3 is 4.74 Å². The second-order valence-corrected chi connectivity index (χ2v) is 4.92. The summed E-state index contributed by atoms with van der Waals surface area (Å²) >= 11 is 5.78. The molecular weight excluding hydrogens is 242 g/mol. The third-order valence-electron chi connectivity index (χ3n) is 1.64. The Labute approximate surface area is 106 Å². The standard InChI is InChI=1S/C12H16ClNO3/c1-12(2,3)17-14-11(15)8-16-10-6-4-5-9(13)7-10/h4-7H,8H2,1-3H3,(H,14,15). The predicted octanol–water partition coefficient (Wildman–Crippen LogP) is 2.57. The minimum absolute atomic E-state index is 0.115. The van der Waals surface area contributed by atoms with Gasteiger partial charge in [0.15, 0.2) is 6.61 Å². The van der Waals surface area contributed by atoms with Crippen LogP contribution in [-0.2, 0) is 9.63 Å². The topological polar surface area (TPSA) is 47.6 Å². The number of hydroxylamine groups is 1. The van der Waals surface area contributed by atoms with Crippen molar-refractivity contribution in [1.82, 2.24) is 5.48 Å². The zero-order chi connectivity index (χ0) is 12.9. The van der Waals surface area contributed by atoms with E-state index < -0.39 is 5.60 Å². The summed E-state index contributed by atoms with van der Waals surface area (Å²) in [6.07, 6.45) is 0. The van der Waals surface area contributed by atoms with E-state index in [1.807, 2.05) is 20.8 Å². The number of nitrogens with one attached hydrogen (secondary N) is 1. The first-order valence-electron chi connectivity index (χ1n) is 5.22. The Balaban J connectivity index is 2.33. The monoisotopic (exact) mass is 257 g/mol. The van der Waals surface area contributed by atoms with Crippen molar-refractivity contribution in [2.24, 2.45) is 0 Å². The summed E-state index contributed by atoms with van der Waals surface area (Å²) in [7, 11) is 0. The van der Waals surface area contributed by atoms with Gasteiger partial charge in [-0.05, 0) is 39.0 Å². The highest BCUT2D eigenvalue weighted by atomic mass is 35.5. The van der Waals surface area contributed by atoms with Gasteiger partial charge in [-0.25, -0.2) is 5.48 Å². The van der Waals surface area contributed by atoms with Gasteiger partial charge in [0.25, 0.3) is 5.91 Å². The molecule has 1 aromatic rings. The van der Waals surface area contributed by atoms with Crippen LogP contribution in [0.25, 0.3) is 0 Å². The fraction of sp³-hybridized carbons (Fsp3) is 0.417. The van der Waals surface area contributed by atoms with Crippen LogP contribution in [-0.4, -0.2) is 18.1 Å². The molecule has 0 heterocycles. The van der Waals surface area contributed by atoms with Crippen LogP contribution in [0.1, 0.15) is 20.8 Å². The van der Waals surface area contributed by atoms with Gasteiger partial charge in [-0.15, -0.1) is 0 Å². The molecule has 0 spiro atoms. The molecule has 0 atom stereocenters. The number of amides is 1. The van der Waals surface area contributed by atoms with Gasteiger partial charge in [-0.1, -0.05) is 17.7 Å². The first-order valence-corrected chi connectivity index (χ1v) is 5.60. The molecule has 0 unspecified atom stereocenters. The lowest BCUT2D eigenvalue weighted by Gasteiger charge is -2.18. The molecule has 0 saturated carbocycles. The molecule has 0 aromatic heterocycles. The van der Waals surface area contributed by atoms with Gasteiger partial charge in [0.05, 0.1) is 5.60 Å². The second-order valence-electron chi connectivity index (χ2n) is 4.49. The van der Waals surface area contributed by atoms with Gasteiger partial charge >= 0.3 is 0 Å². The Kier molecular flexibility index (Phi) is 4.78. The Bertz CT molecular complexity index is 388. The summed E-state index contributed by atoms with van der Waals surface area (Å²) in [4.78, 5) is 16.5. The van der Waals surface area contributed by atoms with Crippen LogP contribution < -0.4 is 10.2 Å². The molecule has 94 valence electrons. The minimum Gasteiger partial charge on any atom is -0.484 e. The van der Waals surface area contributed by atoms with Crippen LogP contribution in [0.15, 0.2) is 24.3 Å². The van der Waals surface area contributed by atoms with Gasteiger partial charge in [-0.2, -0.15) is 0 Å². The third kappa shape index (κ3) is 6.14. The van der Waals surface area contributed by atoms with E-state index in [1.165, 1.54) is 0 Å². The SMILES string of the molecule is CC(C)(C)ONC(=O)COc1cccc(Cl)c1. The van der Waals surface area contributed by atoms with Crippen LogP contribution in [0.5, 0.6) is 5.75 Å². The number of carbonyl (C=O) groups excluding carboxylic acids is 1. The molecule has 0 bridgehead atoms. The summed E-state index contributed by atoms with van der Waals surface area (Å²) < 4.78 is 5.24. The minimum atomic E-state index is -0.425. The van der Waals surface area contributed by atoms with Crippen molar-refractivity contribution in [2.75, 3.05) is 6.61 Å². The zero-order valence-corrected chi connectivity index (χ0v) is 10.9. The fourth-order valence-electron chi connectivity index (χ4n) is 0.945. The lowest BCUT2D eigenvalue weighted by atomic mass is 10.2. The first-order chi connectivity index (χ1) is 7.87. The summed E-state index contributed by atoms with van der Waals surface area (Å²) in [5, 5.41) is 0.564. The smallest absolute Gasteiger partial charge is 0.281 e. The Morgan fingerprint density at radius 1 is 1.41 bits per heavy atom. The number of halogens is 1. The van der Waals surface area contributed by atoms with E-state index in [9.17, 15) is 4.79 Å². The van der Waals surface area contributed by atoms with E-state index in [-0.39, 0.29) is 12.5 Å². The Morgan fingerprint density at radius 2 is 2.12 bits per heavy atom. The van der Waals surface area contributed by atoms with Crippen molar-refractivity contribution >= 4 is 17.5 Å².